The van der Waals surface area contributed by atoms with Crippen molar-refractivity contribution in [2.45, 2.75) is 31.2 Å². The molecule has 0 spiro atoms. The van der Waals surface area contributed by atoms with Crippen molar-refractivity contribution in [1.29, 1.82) is 0 Å². The van der Waals surface area contributed by atoms with Crippen LogP contribution in [-0.2, 0) is 22.8 Å². The van der Waals surface area contributed by atoms with E-state index in [0.29, 0.717) is 6.54 Å². The smallest absolute Gasteiger partial charge is 0.315 e. The number of halogens is 1. The molecule has 0 aliphatic heterocycles. The molecule has 2 aromatic carbocycles. The number of nitrogens with zero attached hydrogens (tertiary/aromatic N) is 3. The maximum absolute atomic E-state index is 13.0. The highest BCUT2D eigenvalue weighted by molar-refractivity contribution is 7.91. The lowest BCUT2D eigenvalue weighted by atomic mass is 10.2. The zero-order valence-electron chi connectivity index (χ0n) is 18.4. The normalized spacial score (nSPS) is 11.6. The monoisotopic (exact) mass is 474 g/mol. The third-order valence-corrected chi connectivity index (χ3v) is 6.79. The van der Waals surface area contributed by atoms with Gasteiger partial charge in [0.15, 0.2) is 15.7 Å². The van der Waals surface area contributed by atoms with Gasteiger partial charge < -0.3 is 9.84 Å². The SMILES string of the molecule is CCN(CCCNC(=O)c1nc(CCS(=O)(=O)c2ccc(F)cc2)no1)Cc1ccccc1. The molecule has 33 heavy (non-hydrogen) atoms. The summed E-state index contributed by atoms with van der Waals surface area (Å²) in [5.74, 6) is -1.39. The molecule has 0 saturated heterocycles. The van der Waals surface area contributed by atoms with E-state index in [4.69, 9.17) is 4.52 Å². The number of carbonyl (C=O) groups excluding carboxylic acids is 1. The second kappa shape index (κ2) is 11.7. The van der Waals surface area contributed by atoms with Gasteiger partial charge in [-0.2, -0.15) is 4.98 Å². The fraction of sp³-hybridized carbons (Fsp3) is 0.348. The van der Waals surface area contributed by atoms with Gasteiger partial charge in [-0.1, -0.05) is 42.4 Å². The van der Waals surface area contributed by atoms with E-state index >= 15 is 0 Å². The third-order valence-electron chi connectivity index (χ3n) is 5.06. The van der Waals surface area contributed by atoms with E-state index in [9.17, 15) is 17.6 Å². The minimum absolute atomic E-state index is 0.0127. The molecule has 3 aromatic rings. The van der Waals surface area contributed by atoms with Crippen LogP contribution in [0.2, 0.25) is 0 Å². The Morgan fingerprint density at radius 2 is 1.85 bits per heavy atom. The number of sulfone groups is 1. The Balaban J connectivity index is 1.42. The highest BCUT2D eigenvalue weighted by Crippen LogP contribution is 2.13. The van der Waals surface area contributed by atoms with E-state index in [0.717, 1.165) is 38.2 Å². The summed E-state index contributed by atoms with van der Waals surface area (Å²) in [5, 5.41) is 6.43. The van der Waals surface area contributed by atoms with Gasteiger partial charge in [-0.3, -0.25) is 9.69 Å². The lowest BCUT2D eigenvalue weighted by Crippen LogP contribution is -2.30. The minimum atomic E-state index is -3.63. The van der Waals surface area contributed by atoms with Crippen LogP contribution in [0.4, 0.5) is 4.39 Å². The molecule has 1 N–H and O–H groups in total. The summed E-state index contributed by atoms with van der Waals surface area (Å²) in [4.78, 5) is 18.5. The van der Waals surface area contributed by atoms with E-state index in [1.807, 2.05) is 18.2 Å². The van der Waals surface area contributed by atoms with Crippen molar-refractivity contribution >= 4 is 15.7 Å². The molecule has 0 bridgehead atoms. The maximum Gasteiger partial charge on any atom is 0.315 e. The van der Waals surface area contributed by atoms with Gasteiger partial charge in [0.05, 0.1) is 10.6 Å². The minimum Gasteiger partial charge on any atom is -0.348 e. The Kier molecular flexibility index (Phi) is 8.67. The van der Waals surface area contributed by atoms with Crippen molar-refractivity contribution in [2.75, 3.05) is 25.4 Å². The zero-order valence-corrected chi connectivity index (χ0v) is 19.2. The fourth-order valence-electron chi connectivity index (χ4n) is 3.20. The molecule has 0 unspecified atom stereocenters. The summed E-state index contributed by atoms with van der Waals surface area (Å²) < 4.78 is 42.6. The number of carbonyl (C=O) groups is 1. The largest absolute Gasteiger partial charge is 0.348 e. The van der Waals surface area contributed by atoms with E-state index in [1.54, 1.807) is 0 Å². The first-order chi connectivity index (χ1) is 15.9. The second-order valence-corrected chi connectivity index (χ2v) is 9.61. The first-order valence-corrected chi connectivity index (χ1v) is 12.4. The molecule has 0 radical (unpaired) electrons. The Hall–Kier alpha value is -3.11. The van der Waals surface area contributed by atoms with Crippen molar-refractivity contribution in [2.24, 2.45) is 0 Å². The molecule has 0 fully saturated rings. The Morgan fingerprint density at radius 3 is 2.55 bits per heavy atom. The maximum atomic E-state index is 13.0. The number of hydrogen-bond acceptors (Lipinski definition) is 7. The topological polar surface area (TPSA) is 105 Å². The predicted octanol–water partition coefficient (Wildman–Crippen LogP) is 2.87. The average molecular weight is 475 g/mol. The van der Waals surface area contributed by atoms with Gasteiger partial charge in [0.2, 0.25) is 0 Å². The van der Waals surface area contributed by atoms with Crippen LogP contribution in [0, 0.1) is 5.82 Å². The zero-order chi connectivity index (χ0) is 23.7. The summed E-state index contributed by atoms with van der Waals surface area (Å²) >= 11 is 0. The molecule has 3 rings (SSSR count). The van der Waals surface area contributed by atoms with E-state index in [1.165, 1.54) is 17.7 Å². The summed E-state index contributed by atoms with van der Waals surface area (Å²) in [6.45, 7) is 5.11. The Morgan fingerprint density at radius 1 is 1.12 bits per heavy atom. The summed E-state index contributed by atoms with van der Waals surface area (Å²) in [6, 6.07) is 14.8. The number of benzene rings is 2. The van der Waals surface area contributed by atoms with Crippen molar-refractivity contribution in [3.05, 3.63) is 77.7 Å². The van der Waals surface area contributed by atoms with E-state index < -0.39 is 21.6 Å². The van der Waals surface area contributed by atoms with Gasteiger partial charge >= 0.3 is 11.8 Å². The number of rotatable bonds is 12. The van der Waals surface area contributed by atoms with Crippen LogP contribution in [0.15, 0.2) is 64.0 Å². The standard InChI is InChI=1S/C23H27FN4O4S/c1-2-28(17-18-7-4-3-5-8-18)15-6-14-25-22(29)23-26-21(27-32-23)13-16-33(30,31)20-11-9-19(24)10-12-20/h3-5,7-12H,2,6,13-17H2,1H3,(H,25,29). The molecule has 1 heterocycles. The highest BCUT2D eigenvalue weighted by atomic mass is 32.2. The molecule has 0 aliphatic rings. The molecule has 176 valence electrons. The first kappa shape index (κ1) is 24.5. The van der Waals surface area contributed by atoms with E-state index in [-0.39, 0.29) is 28.8 Å². The number of aryl methyl sites for hydroxylation is 1. The Labute approximate surface area is 192 Å². The van der Waals surface area contributed by atoms with Crippen LogP contribution in [0.3, 0.4) is 0 Å². The second-order valence-electron chi connectivity index (χ2n) is 7.50. The summed E-state index contributed by atoms with van der Waals surface area (Å²) in [6.07, 6.45) is 0.727. The van der Waals surface area contributed by atoms with Gasteiger partial charge in [0.25, 0.3) is 0 Å². The van der Waals surface area contributed by atoms with Crippen molar-refractivity contribution in [3.63, 3.8) is 0 Å². The lowest BCUT2D eigenvalue weighted by molar-refractivity contribution is 0.0907. The Bertz CT molecular complexity index is 1130. The van der Waals surface area contributed by atoms with Gasteiger partial charge in [-0.05, 0) is 42.8 Å². The predicted molar refractivity (Wildman–Crippen MR) is 121 cm³/mol. The van der Waals surface area contributed by atoms with Crippen molar-refractivity contribution in [1.82, 2.24) is 20.4 Å². The van der Waals surface area contributed by atoms with Crippen LogP contribution < -0.4 is 5.32 Å². The molecule has 10 heteroatoms. The molecular weight excluding hydrogens is 447 g/mol. The number of hydrogen-bond donors (Lipinski definition) is 1. The van der Waals surface area contributed by atoms with Crippen LogP contribution in [0.5, 0.6) is 0 Å². The van der Waals surface area contributed by atoms with Crippen LogP contribution in [0.1, 0.15) is 35.4 Å². The van der Waals surface area contributed by atoms with Crippen molar-refractivity contribution in [3.8, 4) is 0 Å². The summed E-state index contributed by atoms with van der Waals surface area (Å²) in [5.41, 5.74) is 1.24. The highest BCUT2D eigenvalue weighted by Gasteiger charge is 2.19. The molecule has 1 aromatic heterocycles. The fourth-order valence-corrected chi connectivity index (χ4v) is 4.44. The van der Waals surface area contributed by atoms with Crippen LogP contribution >= 0.6 is 0 Å². The van der Waals surface area contributed by atoms with Crippen LogP contribution in [0.25, 0.3) is 0 Å². The van der Waals surface area contributed by atoms with E-state index in [2.05, 4.69) is 39.4 Å². The molecule has 0 aliphatic carbocycles. The van der Waals surface area contributed by atoms with Gasteiger partial charge in [0.1, 0.15) is 5.82 Å². The molecular formula is C23H27FN4O4S. The number of nitrogens with one attached hydrogen (secondary N) is 1. The molecule has 0 saturated carbocycles. The van der Waals surface area contributed by atoms with Crippen LogP contribution in [-0.4, -0.2) is 54.8 Å². The van der Waals surface area contributed by atoms with Gasteiger partial charge in [-0.25, -0.2) is 12.8 Å². The van der Waals surface area contributed by atoms with Gasteiger partial charge in [0, 0.05) is 26.1 Å². The number of amides is 1. The third kappa shape index (κ3) is 7.47. The number of aromatic nitrogens is 2. The average Bonchev–Trinajstić information content (AvgIpc) is 3.30. The lowest BCUT2D eigenvalue weighted by Gasteiger charge is -2.20. The molecule has 8 nitrogen and oxygen atoms in total. The molecule has 1 amide bonds. The molecule has 0 atom stereocenters. The van der Waals surface area contributed by atoms with Gasteiger partial charge in [-0.15, -0.1) is 0 Å². The first-order valence-electron chi connectivity index (χ1n) is 10.7. The van der Waals surface area contributed by atoms with Crippen molar-refractivity contribution < 1.29 is 22.1 Å². The quantitative estimate of drug-likeness (QED) is 0.318. The summed E-state index contributed by atoms with van der Waals surface area (Å²) in [7, 11) is -3.63.